The van der Waals surface area contributed by atoms with Crippen molar-refractivity contribution in [1.82, 2.24) is 0 Å². The molecule has 1 saturated carbocycles. The summed E-state index contributed by atoms with van der Waals surface area (Å²) in [5, 5.41) is 50.0. The molecule has 56 heavy (non-hydrogen) atoms. The van der Waals surface area contributed by atoms with Gasteiger partial charge in [0.1, 0.15) is 43.2 Å². The second-order valence-corrected chi connectivity index (χ2v) is 16.2. The van der Waals surface area contributed by atoms with Gasteiger partial charge >= 0.3 is 19.8 Å². The van der Waals surface area contributed by atoms with Crippen molar-refractivity contribution >= 4 is 19.8 Å². The third-order valence-corrected chi connectivity index (χ3v) is 10.7. The van der Waals surface area contributed by atoms with Gasteiger partial charge in [0, 0.05) is 12.8 Å². The van der Waals surface area contributed by atoms with E-state index in [9.17, 15) is 44.6 Å². The molecule has 1 aliphatic rings. The van der Waals surface area contributed by atoms with E-state index in [2.05, 4.69) is 50.3 Å². The lowest BCUT2D eigenvalue weighted by Gasteiger charge is -2.41. The van der Waals surface area contributed by atoms with E-state index in [0.29, 0.717) is 12.8 Å². The summed E-state index contributed by atoms with van der Waals surface area (Å²) >= 11 is 0. The van der Waals surface area contributed by atoms with Crippen LogP contribution in [0.5, 0.6) is 0 Å². The monoisotopic (exact) mass is 818 g/mol. The Morgan fingerprint density at radius 2 is 1.02 bits per heavy atom. The van der Waals surface area contributed by atoms with Crippen LogP contribution in [-0.4, -0.2) is 98.3 Å². The SMILES string of the molecule is CC/C=C\C/C=C\C/C=C\CCCCCC(=O)OC(COC(=O)CCCCCCCCCCCCCCCC)COP(=O)(O)OC1C(O)C(O)C(O)C(O)C1O. The van der Waals surface area contributed by atoms with E-state index in [1.54, 1.807) is 0 Å². The summed E-state index contributed by atoms with van der Waals surface area (Å²) in [5.74, 6) is -1.13. The molecule has 1 rings (SSSR count). The molecule has 0 aromatic heterocycles. The maximum Gasteiger partial charge on any atom is 0.472 e. The summed E-state index contributed by atoms with van der Waals surface area (Å²) < 4.78 is 33.4. The first kappa shape index (κ1) is 52.1. The van der Waals surface area contributed by atoms with Crippen LogP contribution in [0.3, 0.4) is 0 Å². The van der Waals surface area contributed by atoms with Gasteiger partial charge in [-0.05, 0) is 44.9 Å². The minimum absolute atomic E-state index is 0.0626. The fourth-order valence-corrected chi connectivity index (χ4v) is 7.27. The molecule has 0 bridgehead atoms. The number of allylic oxidation sites excluding steroid dienone is 6. The number of carbonyl (C=O) groups excluding carboxylic acids is 2. The first-order valence-corrected chi connectivity index (χ1v) is 22.8. The minimum Gasteiger partial charge on any atom is -0.462 e. The highest BCUT2D eigenvalue weighted by Gasteiger charge is 2.51. The normalized spacial score (nSPS) is 23.2. The van der Waals surface area contributed by atoms with E-state index in [1.165, 1.54) is 64.2 Å². The number of unbranched alkanes of at least 4 members (excludes halogenated alkanes) is 16. The fourth-order valence-electron chi connectivity index (χ4n) is 6.30. The number of ether oxygens (including phenoxy) is 2. The van der Waals surface area contributed by atoms with Crippen LogP contribution in [-0.2, 0) is 32.7 Å². The van der Waals surface area contributed by atoms with Gasteiger partial charge in [0.2, 0.25) is 0 Å². The molecule has 6 atom stereocenters. The predicted molar refractivity (Wildman–Crippen MR) is 216 cm³/mol. The predicted octanol–water partition coefficient (Wildman–Crippen LogP) is 7.44. The van der Waals surface area contributed by atoms with Crippen LogP contribution in [0.1, 0.15) is 162 Å². The van der Waals surface area contributed by atoms with Crippen LogP contribution in [0.2, 0.25) is 0 Å². The molecule has 6 unspecified atom stereocenters. The number of rotatable bonds is 34. The zero-order valence-corrected chi connectivity index (χ0v) is 35.1. The zero-order valence-electron chi connectivity index (χ0n) is 34.2. The Morgan fingerprint density at radius 3 is 1.55 bits per heavy atom. The van der Waals surface area contributed by atoms with Crippen molar-refractivity contribution in [3.8, 4) is 0 Å². The molecule has 0 aromatic carbocycles. The minimum atomic E-state index is -5.12. The van der Waals surface area contributed by atoms with Crippen molar-refractivity contribution < 1.29 is 63.1 Å². The number of phosphoric ester groups is 1. The molecule has 14 heteroatoms. The Hall–Kier alpha value is -1.93. The second-order valence-electron chi connectivity index (χ2n) is 14.8. The molecule has 1 fully saturated rings. The van der Waals surface area contributed by atoms with E-state index in [4.69, 9.17) is 18.5 Å². The van der Waals surface area contributed by atoms with E-state index in [0.717, 1.165) is 57.8 Å². The van der Waals surface area contributed by atoms with Gasteiger partial charge in [0.25, 0.3) is 0 Å². The Balaban J connectivity index is 2.52. The quantitative estimate of drug-likeness (QED) is 0.0162. The van der Waals surface area contributed by atoms with Gasteiger partial charge in [0.05, 0.1) is 6.61 Å². The van der Waals surface area contributed by atoms with Gasteiger partial charge in [-0.2, -0.15) is 0 Å². The molecule has 326 valence electrons. The number of esters is 2. The standard InChI is InChI=1S/C42H75O13P/c1-3-5-7-9-11-13-15-17-19-20-22-24-26-28-30-35(43)52-32-34(33-53-56(50,51)55-42-40(48)38(46)37(45)39(47)41(42)49)54-36(44)31-29-27-25-23-21-18-16-14-12-10-8-6-4-2/h6,8,12,14,18,21,34,37-42,45-49H,3-5,7,9-11,13,15-17,19-20,22-33H2,1-2H3,(H,50,51)/b8-6-,14-12-,21-18-. The van der Waals surface area contributed by atoms with Gasteiger partial charge in [-0.25, -0.2) is 4.57 Å². The number of hydrogen-bond acceptors (Lipinski definition) is 12. The van der Waals surface area contributed by atoms with Crippen molar-refractivity contribution in [3.05, 3.63) is 36.5 Å². The average Bonchev–Trinajstić information content (AvgIpc) is 3.18. The summed E-state index contributed by atoms with van der Waals surface area (Å²) in [5.41, 5.74) is 0. The van der Waals surface area contributed by atoms with Crippen molar-refractivity contribution in [3.63, 3.8) is 0 Å². The number of carbonyl (C=O) groups is 2. The smallest absolute Gasteiger partial charge is 0.462 e. The lowest BCUT2D eigenvalue weighted by molar-refractivity contribution is -0.220. The topological polar surface area (TPSA) is 210 Å². The lowest BCUT2D eigenvalue weighted by Crippen LogP contribution is -2.64. The highest BCUT2D eigenvalue weighted by Crippen LogP contribution is 2.47. The summed E-state index contributed by atoms with van der Waals surface area (Å²) in [6.07, 6.45) is 22.1. The summed E-state index contributed by atoms with van der Waals surface area (Å²) in [6, 6.07) is 0. The Morgan fingerprint density at radius 1 is 0.571 bits per heavy atom. The Bertz CT molecular complexity index is 1130. The van der Waals surface area contributed by atoms with Crippen LogP contribution in [0.4, 0.5) is 0 Å². The maximum atomic E-state index is 12.8. The number of aliphatic hydroxyl groups is 5. The molecule has 13 nitrogen and oxygen atoms in total. The molecular weight excluding hydrogens is 743 g/mol. The highest BCUT2D eigenvalue weighted by atomic mass is 31.2. The zero-order chi connectivity index (χ0) is 41.4. The lowest BCUT2D eigenvalue weighted by atomic mass is 9.85. The van der Waals surface area contributed by atoms with E-state index >= 15 is 0 Å². The number of phosphoric acid groups is 1. The van der Waals surface area contributed by atoms with E-state index in [1.807, 2.05) is 0 Å². The molecule has 0 spiro atoms. The van der Waals surface area contributed by atoms with Crippen LogP contribution in [0, 0.1) is 0 Å². The molecule has 1 aliphatic carbocycles. The largest absolute Gasteiger partial charge is 0.472 e. The van der Waals surface area contributed by atoms with Crippen molar-refractivity contribution in [1.29, 1.82) is 0 Å². The maximum absolute atomic E-state index is 12.8. The van der Waals surface area contributed by atoms with Gasteiger partial charge < -0.3 is 39.9 Å². The molecule has 0 heterocycles. The summed E-state index contributed by atoms with van der Waals surface area (Å²) in [6.45, 7) is 3.14. The number of hydrogen-bond donors (Lipinski definition) is 6. The summed E-state index contributed by atoms with van der Waals surface area (Å²) in [7, 11) is -5.12. The highest BCUT2D eigenvalue weighted by molar-refractivity contribution is 7.47. The molecule has 0 aromatic rings. The molecule has 0 amide bonds. The van der Waals surface area contributed by atoms with Gasteiger partial charge in [-0.15, -0.1) is 0 Å². The first-order valence-electron chi connectivity index (χ1n) is 21.3. The van der Waals surface area contributed by atoms with Crippen molar-refractivity contribution in [2.75, 3.05) is 13.2 Å². The number of aliphatic hydroxyl groups excluding tert-OH is 5. The van der Waals surface area contributed by atoms with Crippen LogP contribution in [0.15, 0.2) is 36.5 Å². The molecule has 6 N–H and O–H groups in total. The molecule has 0 aliphatic heterocycles. The second kappa shape index (κ2) is 33.0. The molecular formula is C42H75O13P. The fraction of sp³-hybridized carbons (Fsp3) is 0.810. The first-order chi connectivity index (χ1) is 26.9. The third-order valence-electron chi connectivity index (χ3n) is 9.75. The molecule has 0 saturated heterocycles. The van der Waals surface area contributed by atoms with Gasteiger partial charge in [-0.1, -0.05) is 140 Å². The molecule has 0 radical (unpaired) electrons. The Kier molecular flexibility index (Phi) is 30.7. The van der Waals surface area contributed by atoms with Crippen LogP contribution >= 0.6 is 7.82 Å². The average molecular weight is 819 g/mol. The Labute approximate surface area is 336 Å². The van der Waals surface area contributed by atoms with Crippen LogP contribution in [0.25, 0.3) is 0 Å². The van der Waals surface area contributed by atoms with Gasteiger partial charge in [-0.3, -0.25) is 18.6 Å². The third kappa shape index (κ3) is 25.4. The van der Waals surface area contributed by atoms with Crippen molar-refractivity contribution in [2.24, 2.45) is 0 Å². The van der Waals surface area contributed by atoms with Crippen molar-refractivity contribution in [2.45, 2.75) is 204 Å². The van der Waals surface area contributed by atoms with Gasteiger partial charge in [0.15, 0.2) is 6.10 Å². The van der Waals surface area contributed by atoms with Crippen LogP contribution < -0.4 is 0 Å². The summed E-state index contributed by atoms with van der Waals surface area (Å²) in [4.78, 5) is 35.5. The van der Waals surface area contributed by atoms with E-state index in [-0.39, 0.29) is 12.8 Å². The van der Waals surface area contributed by atoms with E-state index < -0.39 is 75.7 Å².